The Morgan fingerprint density at radius 1 is 0.833 bits per heavy atom. The van der Waals surface area contributed by atoms with E-state index in [2.05, 4.69) is 41.5 Å². The van der Waals surface area contributed by atoms with Crippen LogP contribution < -0.4 is 0 Å². The molecule has 2 aromatic rings. The quantitative estimate of drug-likeness (QED) is 0.556. The number of rotatable bonds is 0. The van der Waals surface area contributed by atoms with Crippen LogP contribution in [0.1, 0.15) is 79.4 Å². The lowest BCUT2D eigenvalue weighted by Crippen LogP contribution is -2.23. The molecule has 0 saturated carbocycles. The second kappa shape index (κ2) is 5.66. The van der Waals surface area contributed by atoms with Crippen molar-refractivity contribution in [1.29, 1.82) is 0 Å². The summed E-state index contributed by atoms with van der Waals surface area (Å²) >= 11 is 6.65. The van der Waals surface area contributed by atoms with Crippen molar-refractivity contribution in [3.63, 3.8) is 0 Å². The zero-order valence-electron chi connectivity index (χ0n) is 16.2. The molecule has 0 amide bonds. The summed E-state index contributed by atoms with van der Waals surface area (Å²) in [6.45, 7) is 18.3. The number of halogens is 2. The molecule has 2 nitrogen and oxygen atoms in total. The maximum absolute atomic E-state index is 14.8. The minimum Gasteiger partial charge on any atom is -0.236 e. The molecule has 132 valence electrons. The lowest BCUT2D eigenvalue weighted by atomic mass is 9.83. The Bertz CT molecular complexity index is 791. The average molecular weight is 351 g/mol. The molecule has 24 heavy (non-hydrogen) atoms. The Labute approximate surface area is 149 Å². The van der Waals surface area contributed by atoms with E-state index in [1.807, 2.05) is 20.8 Å². The Morgan fingerprint density at radius 2 is 1.38 bits per heavy atom. The molecule has 0 saturated heterocycles. The Hall–Kier alpha value is -1.22. The normalized spacial score (nSPS) is 13.6. The van der Waals surface area contributed by atoms with Crippen LogP contribution in [0.3, 0.4) is 0 Å². The first-order valence-corrected chi connectivity index (χ1v) is 8.73. The van der Waals surface area contributed by atoms with Crippen molar-refractivity contribution in [2.75, 3.05) is 0 Å². The maximum atomic E-state index is 14.8. The molecule has 0 aliphatic heterocycles. The van der Waals surface area contributed by atoms with Gasteiger partial charge in [-0.1, -0.05) is 73.9 Å². The summed E-state index contributed by atoms with van der Waals surface area (Å²) in [5.74, 6) is 0.436. The first-order valence-electron chi connectivity index (χ1n) is 8.35. The van der Waals surface area contributed by atoms with Crippen molar-refractivity contribution < 1.29 is 4.39 Å². The minimum atomic E-state index is -0.399. The summed E-state index contributed by atoms with van der Waals surface area (Å²) in [4.78, 5) is 9.51. The van der Waals surface area contributed by atoms with E-state index in [1.165, 1.54) is 0 Å². The number of hydrogen-bond donors (Lipinski definition) is 0. The van der Waals surface area contributed by atoms with Crippen molar-refractivity contribution >= 4 is 22.5 Å². The molecule has 4 heteroatoms. The fraction of sp³-hybridized carbons (Fsp3) is 0.600. The van der Waals surface area contributed by atoms with Gasteiger partial charge >= 0.3 is 0 Å². The first-order chi connectivity index (χ1) is 10.6. The molecule has 0 aliphatic rings. The van der Waals surface area contributed by atoms with E-state index in [0.717, 1.165) is 11.5 Å². The molecule has 0 atom stereocenters. The van der Waals surface area contributed by atoms with Crippen molar-refractivity contribution in [2.24, 2.45) is 0 Å². The Kier molecular flexibility index (Phi) is 4.50. The smallest absolute Gasteiger partial charge is 0.134 e. The van der Waals surface area contributed by atoms with Gasteiger partial charge < -0.3 is 0 Å². The fourth-order valence-corrected chi connectivity index (χ4v) is 3.31. The van der Waals surface area contributed by atoms with Crippen LogP contribution in [0.25, 0.3) is 10.9 Å². The molecule has 0 spiro atoms. The number of hydrogen-bond acceptors (Lipinski definition) is 2. The SMILES string of the molecule is CC(C)(C)c1nc(C(C)(C)C)c2cc(F)c(C(C)(C)C)c(Cl)c2n1. The molecule has 0 N–H and O–H groups in total. The predicted octanol–water partition coefficient (Wildman–Crippen LogP) is 6.31. The number of fused-ring (bicyclic) bond motifs is 1. The number of aromatic nitrogens is 2. The third-order valence-electron chi connectivity index (χ3n) is 4.01. The molecule has 0 fully saturated rings. The van der Waals surface area contributed by atoms with Gasteiger partial charge in [-0.3, -0.25) is 0 Å². The van der Waals surface area contributed by atoms with E-state index < -0.39 is 5.41 Å². The van der Waals surface area contributed by atoms with Gasteiger partial charge in [0, 0.05) is 21.8 Å². The molecule has 0 bridgehead atoms. The summed E-state index contributed by atoms with van der Waals surface area (Å²) in [6.07, 6.45) is 0. The molecule has 1 aromatic carbocycles. The Morgan fingerprint density at radius 3 is 1.79 bits per heavy atom. The van der Waals surface area contributed by atoms with Crippen LogP contribution in [0.2, 0.25) is 5.02 Å². The summed E-state index contributed by atoms with van der Waals surface area (Å²) < 4.78 is 14.8. The largest absolute Gasteiger partial charge is 0.236 e. The highest BCUT2D eigenvalue weighted by Gasteiger charge is 2.30. The topological polar surface area (TPSA) is 25.8 Å². The predicted molar refractivity (Wildman–Crippen MR) is 101 cm³/mol. The van der Waals surface area contributed by atoms with Crippen LogP contribution in [-0.4, -0.2) is 9.97 Å². The standard InChI is InChI=1S/C20H28ClFN2/c1-18(2,3)13-12(22)10-11-15(14(13)21)23-17(20(7,8)9)24-16(11)19(4,5)6/h10H,1-9H3. The highest BCUT2D eigenvalue weighted by atomic mass is 35.5. The van der Waals surface area contributed by atoms with Gasteiger partial charge in [0.1, 0.15) is 11.6 Å². The lowest BCUT2D eigenvalue weighted by molar-refractivity contribution is 0.514. The van der Waals surface area contributed by atoms with Crippen molar-refractivity contribution in [1.82, 2.24) is 9.97 Å². The summed E-state index contributed by atoms with van der Waals surface area (Å²) in [7, 11) is 0. The minimum absolute atomic E-state index is 0.214. The van der Waals surface area contributed by atoms with Crippen LogP contribution in [0, 0.1) is 5.82 Å². The third-order valence-corrected chi connectivity index (χ3v) is 4.38. The zero-order valence-corrected chi connectivity index (χ0v) is 17.0. The van der Waals surface area contributed by atoms with E-state index in [-0.39, 0.29) is 16.6 Å². The highest BCUT2D eigenvalue weighted by Crippen LogP contribution is 2.40. The zero-order chi connectivity index (χ0) is 18.7. The molecular formula is C20H28ClFN2. The monoisotopic (exact) mass is 350 g/mol. The van der Waals surface area contributed by atoms with Crippen LogP contribution in [0.4, 0.5) is 4.39 Å². The van der Waals surface area contributed by atoms with Gasteiger partial charge in [0.25, 0.3) is 0 Å². The van der Waals surface area contributed by atoms with Gasteiger partial charge in [-0.15, -0.1) is 0 Å². The van der Waals surface area contributed by atoms with Crippen molar-refractivity contribution in [3.8, 4) is 0 Å². The van der Waals surface area contributed by atoms with Crippen LogP contribution in [0.5, 0.6) is 0 Å². The maximum Gasteiger partial charge on any atom is 0.134 e. The van der Waals surface area contributed by atoms with E-state index in [1.54, 1.807) is 6.07 Å². The third kappa shape index (κ3) is 3.42. The second-order valence-electron chi connectivity index (χ2n) is 9.59. The fourth-order valence-electron chi connectivity index (χ4n) is 2.79. The summed E-state index contributed by atoms with van der Waals surface area (Å²) in [5.41, 5.74) is 1.14. The van der Waals surface area contributed by atoms with Crippen molar-refractivity contribution in [2.45, 2.75) is 78.6 Å². The summed E-state index contributed by atoms with van der Waals surface area (Å²) in [6, 6.07) is 1.55. The molecular weight excluding hydrogens is 323 g/mol. The first kappa shape index (κ1) is 19.1. The van der Waals surface area contributed by atoms with Gasteiger partial charge in [-0.05, 0) is 11.5 Å². The average Bonchev–Trinajstić information content (AvgIpc) is 2.33. The van der Waals surface area contributed by atoms with E-state index >= 15 is 0 Å². The van der Waals surface area contributed by atoms with E-state index in [4.69, 9.17) is 21.6 Å². The van der Waals surface area contributed by atoms with Crippen LogP contribution in [0.15, 0.2) is 6.07 Å². The Balaban J connectivity index is 3.03. The molecule has 0 aliphatic carbocycles. The van der Waals surface area contributed by atoms with Gasteiger partial charge in [0.2, 0.25) is 0 Å². The molecule has 0 radical (unpaired) electrons. The van der Waals surface area contributed by atoms with Gasteiger partial charge in [0.05, 0.1) is 16.2 Å². The van der Waals surface area contributed by atoms with E-state index in [9.17, 15) is 4.39 Å². The number of benzene rings is 1. The number of nitrogens with zero attached hydrogens (tertiary/aromatic N) is 2. The molecule has 2 rings (SSSR count). The van der Waals surface area contributed by atoms with Crippen LogP contribution in [-0.2, 0) is 16.2 Å². The van der Waals surface area contributed by atoms with Crippen LogP contribution >= 0.6 is 11.6 Å². The molecule has 0 unspecified atom stereocenters. The summed E-state index contributed by atoms with van der Waals surface area (Å²) in [5, 5.41) is 1.10. The van der Waals surface area contributed by atoms with Gasteiger partial charge in [-0.25, -0.2) is 14.4 Å². The van der Waals surface area contributed by atoms with Crippen molar-refractivity contribution in [3.05, 3.63) is 34.0 Å². The molecule has 1 aromatic heterocycles. The highest BCUT2D eigenvalue weighted by molar-refractivity contribution is 6.36. The lowest BCUT2D eigenvalue weighted by Gasteiger charge is -2.27. The second-order valence-corrected chi connectivity index (χ2v) is 9.97. The van der Waals surface area contributed by atoms with Gasteiger partial charge in [-0.2, -0.15) is 0 Å². The van der Waals surface area contributed by atoms with E-state index in [0.29, 0.717) is 21.5 Å². The molecule has 1 heterocycles. The van der Waals surface area contributed by atoms with Gasteiger partial charge in [0.15, 0.2) is 0 Å².